The smallest absolute Gasteiger partial charge is 0.275 e. The maximum atomic E-state index is 12.5. The first-order valence-corrected chi connectivity index (χ1v) is 8.55. The molecule has 0 aliphatic carbocycles. The standard InChI is InChI=1S/C16H8Cl4N4O2/c17-11-12(18)14(22-15(20)13(11)19)16(26)21-8-3-1-2-7(6-8)9-4-5-10(25)24-23-9/h1-6H,(H,21,26)(H,24,25). The fourth-order valence-corrected chi connectivity index (χ4v) is 2.90. The topological polar surface area (TPSA) is 87.7 Å². The number of rotatable bonds is 3. The van der Waals surface area contributed by atoms with E-state index in [1.165, 1.54) is 6.07 Å². The SMILES string of the molecule is O=C(Nc1cccc(-c2ccc(=O)[nH]n2)c1)c1nc(Cl)c(Cl)c(Cl)c1Cl. The third-order valence-electron chi connectivity index (χ3n) is 3.29. The molecule has 3 aromatic rings. The molecule has 2 heterocycles. The van der Waals surface area contributed by atoms with Crippen molar-refractivity contribution in [3.05, 3.63) is 72.7 Å². The van der Waals surface area contributed by atoms with Gasteiger partial charge in [-0.05, 0) is 18.2 Å². The number of pyridine rings is 1. The lowest BCUT2D eigenvalue weighted by Gasteiger charge is -2.10. The second-order valence-electron chi connectivity index (χ2n) is 5.03. The van der Waals surface area contributed by atoms with E-state index in [9.17, 15) is 9.59 Å². The van der Waals surface area contributed by atoms with Gasteiger partial charge in [-0.1, -0.05) is 58.5 Å². The van der Waals surface area contributed by atoms with Crippen LogP contribution in [0.2, 0.25) is 20.2 Å². The maximum Gasteiger partial charge on any atom is 0.275 e. The zero-order valence-electron chi connectivity index (χ0n) is 12.7. The molecule has 2 N–H and O–H groups in total. The van der Waals surface area contributed by atoms with E-state index in [1.54, 1.807) is 30.3 Å². The molecule has 0 saturated heterocycles. The molecule has 3 rings (SSSR count). The van der Waals surface area contributed by atoms with Crippen LogP contribution in [0.5, 0.6) is 0 Å². The van der Waals surface area contributed by atoms with Crippen molar-refractivity contribution in [3.8, 4) is 11.3 Å². The van der Waals surface area contributed by atoms with Crippen molar-refractivity contribution in [2.75, 3.05) is 5.32 Å². The van der Waals surface area contributed by atoms with Crippen LogP contribution in [0.25, 0.3) is 11.3 Å². The van der Waals surface area contributed by atoms with Gasteiger partial charge >= 0.3 is 0 Å². The Kier molecular flexibility index (Phi) is 5.48. The Bertz CT molecular complexity index is 1050. The Hall–Kier alpha value is -2.12. The van der Waals surface area contributed by atoms with Crippen LogP contribution in [-0.4, -0.2) is 21.1 Å². The zero-order valence-corrected chi connectivity index (χ0v) is 15.7. The van der Waals surface area contributed by atoms with Gasteiger partial charge in [-0.3, -0.25) is 9.59 Å². The number of nitrogens with zero attached hydrogens (tertiary/aromatic N) is 2. The Balaban J connectivity index is 1.90. The predicted molar refractivity (Wildman–Crippen MR) is 103 cm³/mol. The van der Waals surface area contributed by atoms with E-state index in [0.29, 0.717) is 16.9 Å². The summed E-state index contributed by atoms with van der Waals surface area (Å²) >= 11 is 23.7. The van der Waals surface area contributed by atoms with Gasteiger partial charge in [-0.15, -0.1) is 0 Å². The molecule has 6 nitrogen and oxygen atoms in total. The highest BCUT2D eigenvalue weighted by molar-refractivity contribution is 6.52. The van der Waals surface area contributed by atoms with Crippen LogP contribution in [0, 0.1) is 0 Å². The van der Waals surface area contributed by atoms with Crippen molar-refractivity contribution in [2.45, 2.75) is 0 Å². The molecule has 0 fully saturated rings. The third kappa shape index (κ3) is 3.83. The number of aromatic nitrogens is 3. The summed E-state index contributed by atoms with van der Waals surface area (Å²) in [5.74, 6) is -0.609. The van der Waals surface area contributed by atoms with Gasteiger partial charge < -0.3 is 5.32 Å². The summed E-state index contributed by atoms with van der Waals surface area (Å²) in [6.07, 6.45) is 0. The van der Waals surface area contributed by atoms with Gasteiger partial charge in [0.1, 0.15) is 10.8 Å². The molecule has 0 bridgehead atoms. The first-order valence-electron chi connectivity index (χ1n) is 7.04. The largest absolute Gasteiger partial charge is 0.321 e. The highest BCUT2D eigenvalue weighted by atomic mass is 35.5. The molecule has 0 radical (unpaired) electrons. The van der Waals surface area contributed by atoms with Crippen molar-refractivity contribution in [3.63, 3.8) is 0 Å². The Morgan fingerprint density at radius 2 is 1.77 bits per heavy atom. The summed E-state index contributed by atoms with van der Waals surface area (Å²) in [4.78, 5) is 27.4. The number of anilines is 1. The second-order valence-corrected chi connectivity index (χ2v) is 6.53. The summed E-state index contributed by atoms with van der Waals surface area (Å²) in [6.45, 7) is 0. The van der Waals surface area contributed by atoms with E-state index >= 15 is 0 Å². The number of carbonyl (C=O) groups excluding carboxylic acids is 1. The molecule has 132 valence electrons. The Morgan fingerprint density at radius 1 is 1.00 bits per heavy atom. The molecule has 0 unspecified atom stereocenters. The lowest BCUT2D eigenvalue weighted by atomic mass is 10.1. The number of aromatic amines is 1. The van der Waals surface area contributed by atoms with Gasteiger partial charge in [0.05, 0.1) is 20.8 Å². The zero-order chi connectivity index (χ0) is 18.8. The van der Waals surface area contributed by atoms with Gasteiger partial charge in [0, 0.05) is 17.3 Å². The van der Waals surface area contributed by atoms with E-state index < -0.39 is 5.91 Å². The summed E-state index contributed by atoms with van der Waals surface area (Å²) in [5.41, 5.74) is 1.22. The number of nitrogens with one attached hydrogen (secondary N) is 2. The van der Waals surface area contributed by atoms with E-state index in [4.69, 9.17) is 46.4 Å². The summed E-state index contributed by atoms with van der Waals surface area (Å²) in [6, 6.07) is 9.75. The lowest BCUT2D eigenvalue weighted by Crippen LogP contribution is -2.15. The second kappa shape index (κ2) is 7.63. The molecule has 10 heteroatoms. The molecule has 1 amide bonds. The number of hydrogen-bond acceptors (Lipinski definition) is 4. The molecule has 0 saturated carbocycles. The minimum Gasteiger partial charge on any atom is -0.321 e. The average Bonchev–Trinajstić information content (AvgIpc) is 2.63. The van der Waals surface area contributed by atoms with Gasteiger partial charge in [-0.25, -0.2) is 10.1 Å². The quantitative estimate of drug-likeness (QED) is 0.590. The molecule has 0 atom stereocenters. The monoisotopic (exact) mass is 428 g/mol. The average molecular weight is 430 g/mol. The molecule has 0 aliphatic heterocycles. The van der Waals surface area contributed by atoms with Crippen LogP contribution >= 0.6 is 46.4 Å². The normalized spacial score (nSPS) is 10.6. The van der Waals surface area contributed by atoms with Crippen molar-refractivity contribution < 1.29 is 4.79 Å². The first-order chi connectivity index (χ1) is 12.4. The lowest BCUT2D eigenvalue weighted by molar-refractivity contribution is 0.102. The van der Waals surface area contributed by atoms with Crippen molar-refractivity contribution >= 4 is 58.0 Å². The van der Waals surface area contributed by atoms with Gasteiger partial charge in [0.2, 0.25) is 0 Å². The van der Waals surface area contributed by atoms with Crippen LogP contribution in [0.3, 0.4) is 0 Å². The van der Waals surface area contributed by atoms with Crippen molar-refractivity contribution in [1.29, 1.82) is 0 Å². The van der Waals surface area contributed by atoms with Crippen molar-refractivity contribution in [2.24, 2.45) is 0 Å². The van der Waals surface area contributed by atoms with Gasteiger partial charge in [-0.2, -0.15) is 5.10 Å². The minimum absolute atomic E-state index is 0.0268. The van der Waals surface area contributed by atoms with Gasteiger partial charge in [0.15, 0.2) is 0 Å². The Morgan fingerprint density at radius 3 is 2.46 bits per heavy atom. The summed E-state index contributed by atoms with van der Waals surface area (Å²) in [7, 11) is 0. The summed E-state index contributed by atoms with van der Waals surface area (Å²) in [5, 5.41) is 8.63. The third-order valence-corrected chi connectivity index (χ3v) is 4.97. The minimum atomic E-state index is -0.609. The number of carbonyl (C=O) groups is 1. The van der Waals surface area contributed by atoms with Crippen LogP contribution in [-0.2, 0) is 0 Å². The van der Waals surface area contributed by atoms with Crippen LogP contribution in [0.4, 0.5) is 5.69 Å². The van der Waals surface area contributed by atoms with E-state index in [1.807, 2.05) is 0 Å². The van der Waals surface area contributed by atoms with E-state index in [2.05, 4.69) is 20.5 Å². The Labute approximate surface area is 167 Å². The molecular weight excluding hydrogens is 422 g/mol. The maximum absolute atomic E-state index is 12.5. The van der Waals surface area contributed by atoms with E-state index in [-0.39, 0.29) is 31.5 Å². The highest BCUT2D eigenvalue weighted by Gasteiger charge is 2.20. The van der Waals surface area contributed by atoms with Gasteiger partial charge in [0.25, 0.3) is 11.5 Å². The van der Waals surface area contributed by atoms with E-state index in [0.717, 1.165) is 0 Å². The number of H-pyrrole nitrogens is 1. The number of benzene rings is 1. The number of amides is 1. The predicted octanol–water partition coefficient (Wildman–Crippen LogP) is 4.70. The number of hydrogen-bond donors (Lipinski definition) is 2. The van der Waals surface area contributed by atoms with Crippen LogP contribution in [0.1, 0.15) is 10.5 Å². The molecular formula is C16H8Cl4N4O2. The molecule has 2 aromatic heterocycles. The molecule has 26 heavy (non-hydrogen) atoms. The molecule has 0 spiro atoms. The first kappa shape index (κ1) is 18.7. The fraction of sp³-hybridized carbons (Fsp3) is 0. The molecule has 1 aromatic carbocycles. The highest BCUT2D eigenvalue weighted by Crippen LogP contribution is 2.36. The fourth-order valence-electron chi connectivity index (χ4n) is 2.09. The van der Waals surface area contributed by atoms with Crippen LogP contribution in [0.15, 0.2) is 41.2 Å². The number of halogens is 4. The summed E-state index contributed by atoms with van der Waals surface area (Å²) < 4.78 is 0. The van der Waals surface area contributed by atoms with Crippen molar-refractivity contribution in [1.82, 2.24) is 15.2 Å². The molecule has 0 aliphatic rings. The van der Waals surface area contributed by atoms with Crippen LogP contribution < -0.4 is 10.9 Å².